The van der Waals surface area contributed by atoms with Gasteiger partial charge in [0, 0.05) is 13.1 Å². The average molecular weight is 246 g/mol. The molecule has 96 valence electrons. The molecule has 0 aliphatic heterocycles. The van der Waals surface area contributed by atoms with E-state index in [0.717, 1.165) is 35.9 Å². The molecule has 0 saturated heterocycles. The number of nitrogens with one attached hydrogen (secondary N) is 3. The summed E-state index contributed by atoms with van der Waals surface area (Å²) in [6.07, 6.45) is 5.76. The van der Waals surface area contributed by atoms with Gasteiger partial charge in [0.1, 0.15) is 5.82 Å². The van der Waals surface area contributed by atoms with Crippen molar-refractivity contribution >= 4 is 22.8 Å². The minimum Gasteiger partial charge on any atom is -0.369 e. The van der Waals surface area contributed by atoms with Gasteiger partial charge in [-0.05, 0) is 19.3 Å². The minimum absolute atomic E-state index is 0.642. The van der Waals surface area contributed by atoms with Crippen molar-refractivity contribution in [2.45, 2.75) is 26.2 Å². The number of aromatic nitrogens is 4. The molecular formula is C12H18N6. The first-order valence-corrected chi connectivity index (χ1v) is 6.55. The maximum atomic E-state index is 4.49. The molecule has 1 aliphatic rings. The first kappa shape index (κ1) is 11.3. The van der Waals surface area contributed by atoms with Gasteiger partial charge in [-0.15, -0.1) is 0 Å². The molecule has 2 heterocycles. The summed E-state index contributed by atoms with van der Waals surface area (Å²) in [5, 5.41) is 14.4. The van der Waals surface area contributed by atoms with Crippen LogP contribution in [-0.4, -0.2) is 33.3 Å². The Morgan fingerprint density at radius 2 is 2.22 bits per heavy atom. The van der Waals surface area contributed by atoms with E-state index in [1.54, 1.807) is 6.20 Å². The van der Waals surface area contributed by atoms with Gasteiger partial charge in [0.15, 0.2) is 5.65 Å². The fourth-order valence-electron chi connectivity index (χ4n) is 2.01. The van der Waals surface area contributed by atoms with Crippen molar-refractivity contribution in [1.29, 1.82) is 0 Å². The van der Waals surface area contributed by atoms with Gasteiger partial charge in [-0.3, -0.25) is 5.10 Å². The molecule has 1 aliphatic carbocycles. The van der Waals surface area contributed by atoms with E-state index in [4.69, 9.17) is 0 Å². The summed E-state index contributed by atoms with van der Waals surface area (Å²) >= 11 is 0. The molecule has 3 N–H and O–H groups in total. The zero-order chi connectivity index (χ0) is 12.4. The molecule has 18 heavy (non-hydrogen) atoms. The molecule has 3 rings (SSSR count). The molecule has 0 bridgehead atoms. The molecule has 1 fully saturated rings. The first-order valence-electron chi connectivity index (χ1n) is 6.55. The highest BCUT2D eigenvalue weighted by atomic mass is 15.2. The SMILES string of the molecule is CCNc1nc(NCCC2CC2)c2cn[nH]c2n1. The van der Waals surface area contributed by atoms with Gasteiger partial charge in [0.25, 0.3) is 0 Å². The second-order valence-corrected chi connectivity index (χ2v) is 4.72. The minimum atomic E-state index is 0.642. The lowest BCUT2D eigenvalue weighted by Crippen LogP contribution is -2.08. The second kappa shape index (κ2) is 4.80. The molecule has 0 unspecified atom stereocenters. The van der Waals surface area contributed by atoms with Crippen molar-refractivity contribution in [3.05, 3.63) is 6.20 Å². The number of hydrogen-bond donors (Lipinski definition) is 3. The van der Waals surface area contributed by atoms with Crippen molar-refractivity contribution in [3.63, 3.8) is 0 Å². The van der Waals surface area contributed by atoms with Crippen LogP contribution in [0.15, 0.2) is 6.20 Å². The zero-order valence-electron chi connectivity index (χ0n) is 10.5. The lowest BCUT2D eigenvalue weighted by atomic mass is 10.3. The van der Waals surface area contributed by atoms with Gasteiger partial charge in [-0.1, -0.05) is 12.8 Å². The molecule has 0 radical (unpaired) electrons. The van der Waals surface area contributed by atoms with Crippen molar-refractivity contribution in [1.82, 2.24) is 20.2 Å². The van der Waals surface area contributed by atoms with Crippen molar-refractivity contribution in [2.24, 2.45) is 5.92 Å². The maximum Gasteiger partial charge on any atom is 0.226 e. The number of aromatic amines is 1. The summed E-state index contributed by atoms with van der Waals surface area (Å²) < 4.78 is 0. The van der Waals surface area contributed by atoms with Gasteiger partial charge >= 0.3 is 0 Å². The standard InChI is InChI=1S/C12H18N6/c1-2-13-12-16-10(14-6-5-8-3-4-8)9-7-15-18-11(9)17-12/h7-8H,2-6H2,1H3,(H3,13,14,15,16,17,18). The second-order valence-electron chi connectivity index (χ2n) is 4.72. The van der Waals surface area contributed by atoms with E-state index in [2.05, 4.69) is 30.8 Å². The number of hydrogen-bond acceptors (Lipinski definition) is 5. The fourth-order valence-corrected chi connectivity index (χ4v) is 2.01. The summed E-state index contributed by atoms with van der Waals surface area (Å²) in [5.74, 6) is 2.43. The highest BCUT2D eigenvalue weighted by Gasteiger charge is 2.20. The largest absolute Gasteiger partial charge is 0.369 e. The number of nitrogens with zero attached hydrogens (tertiary/aromatic N) is 3. The van der Waals surface area contributed by atoms with Crippen LogP contribution in [-0.2, 0) is 0 Å². The summed E-state index contributed by atoms with van der Waals surface area (Å²) in [4.78, 5) is 8.85. The van der Waals surface area contributed by atoms with Crippen molar-refractivity contribution in [3.8, 4) is 0 Å². The molecule has 0 spiro atoms. The van der Waals surface area contributed by atoms with Crippen LogP contribution in [0.3, 0.4) is 0 Å². The Kier molecular flexibility index (Phi) is 3.00. The zero-order valence-corrected chi connectivity index (χ0v) is 10.5. The van der Waals surface area contributed by atoms with Crippen LogP contribution in [0.25, 0.3) is 11.0 Å². The summed E-state index contributed by atoms with van der Waals surface area (Å²) in [6.45, 7) is 3.80. The maximum absolute atomic E-state index is 4.49. The van der Waals surface area contributed by atoms with Gasteiger partial charge in [-0.2, -0.15) is 15.1 Å². The molecule has 1 saturated carbocycles. The van der Waals surface area contributed by atoms with Gasteiger partial charge in [0.05, 0.1) is 11.6 Å². The van der Waals surface area contributed by atoms with E-state index in [1.165, 1.54) is 19.3 Å². The quantitative estimate of drug-likeness (QED) is 0.726. The summed E-state index contributed by atoms with van der Waals surface area (Å²) in [5.41, 5.74) is 0.773. The fraction of sp³-hybridized carbons (Fsp3) is 0.583. The Labute approximate surface area is 106 Å². The Bertz CT molecular complexity index is 530. The summed E-state index contributed by atoms with van der Waals surface area (Å²) in [7, 11) is 0. The van der Waals surface area contributed by atoms with Crippen LogP contribution >= 0.6 is 0 Å². The molecule has 0 amide bonds. The van der Waals surface area contributed by atoms with Crippen LogP contribution in [0, 0.1) is 5.92 Å². The Hall–Kier alpha value is -1.85. The molecule has 0 aromatic carbocycles. The van der Waals surface area contributed by atoms with E-state index >= 15 is 0 Å². The van der Waals surface area contributed by atoms with Gasteiger partial charge < -0.3 is 10.6 Å². The Morgan fingerprint density at radius 3 is 3.00 bits per heavy atom. The van der Waals surface area contributed by atoms with Gasteiger partial charge in [0.2, 0.25) is 5.95 Å². The third-order valence-electron chi connectivity index (χ3n) is 3.19. The van der Waals surface area contributed by atoms with Crippen LogP contribution < -0.4 is 10.6 Å². The van der Waals surface area contributed by atoms with Crippen LogP contribution in [0.1, 0.15) is 26.2 Å². The van der Waals surface area contributed by atoms with Gasteiger partial charge in [-0.25, -0.2) is 0 Å². The summed E-state index contributed by atoms with van der Waals surface area (Å²) in [6, 6.07) is 0. The molecule has 2 aromatic rings. The number of anilines is 2. The number of fused-ring (bicyclic) bond motifs is 1. The van der Waals surface area contributed by atoms with E-state index < -0.39 is 0 Å². The Morgan fingerprint density at radius 1 is 1.33 bits per heavy atom. The van der Waals surface area contributed by atoms with E-state index in [9.17, 15) is 0 Å². The lowest BCUT2D eigenvalue weighted by Gasteiger charge is -2.08. The van der Waals surface area contributed by atoms with Crippen molar-refractivity contribution in [2.75, 3.05) is 23.7 Å². The molecular weight excluding hydrogens is 228 g/mol. The normalized spacial score (nSPS) is 14.9. The third kappa shape index (κ3) is 2.37. The van der Waals surface area contributed by atoms with E-state index in [-0.39, 0.29) is 0 Å². The van der Waals surface area contributed by atoms with Crippen LogP contribution in [0.4, 0.5) is 11.8 Å². The highest BCUT2D eigenvalue weighted by molar-refractivity contribution is 5.86. The lowest BCUT2D eigenvalue weighted by molar-refractivity contribution is 0.759. The molecule has 6 nitrogen and oxygen atoms in total. The smallest absolute Gasteiger partial charge is 0.226 e. The monoisotopic (exact) mass is 246 g/mol. The molecule has 6 heteroatoms. The number of rotatable bonds is 6. The van der Waals surface area contributed by atoms with Crippen molar-refractivity contribution < 1.29 is 0 Å². The third-order valence-corrected chi connectivity index (χ3v) is 3.19. The topological polar surface area (TPSA) is 78.5 Å². The van der Waals surface area contributed by atoms with E-state index in [0.29, 0.717) is 5.95 Å². The first-order chi connectivity index (χ1) is 8.86. The molecule has 2 aromatic heterocycles. The Balaban J connectivity index is 1.79. The average Bonchev–Trinajstić information content (AvgIpc) is 3.05. The van der Waals surface area contributed by atoms with E-state index in [1.807, 2.05) is 6.92 Å². The molecule has 0 atom stereocenters. The van der Waals surface area contributed by atoms with Crippen LogP contribution in [0.5, 0.6) is 0 Å². The number of H-pyrrole nitrogens is 1. The van der Waals surface area contributed by atoms with Crippen LogP contribution in [0.2, 0.25) is 0 Å². The predicted octanol–water partition coefficient (Wildman–Crippen LogP) is 2.00. The highest BCUT2D eigenvalue weighted by Crippen LogP contribution is 2.32. The predicted molar refractivity (Wildman–Crippen MR) is 71.7 cm³/mol.